The molecule has 5 nitrogen and oxygen atoms in total. The summed E-state index contributed by atoms with van der Waals surface area (Å²) in [5, 5.41) is 8.43. The second kappa shape index (κ2) is 5.67. The fraction of sp³-hybridized carbons (Fsp3) is 0.364. The molecule has 0 heterocycles. The van der Waals surface area contributed by atoms with Gasteiger partial charge in [0.15, 0.2) is 9.84 Å². The summed E-state index contributed by atoms with van der Waals surface area (Å²) in [5.74, 6) is -0.946. The SMILES string of the molecule is COc1ccc(CS(=O)(=O)CCC(=O)O)cc1. The molecule has 0 radical (unpaired) electrons. The van der Waals surface area contributed by atoms with Crippen LogP contribution in [0.4, 0.5) is 0 Å². The number of ether oxygens (including phenoxy) is 1. The summed E-state index contributed by atoms with van der Waals surface area (Å²) in [6, 6.07) is 6.64. The second-order valence-corrected chi connectivity index (χ2v) is 5.77. The van der Waals surface area contributed by atoms with E-state index in [1.165, 1.54) is 7.11 Å². The van der Waals surface area contributed by atoms with Crippen molar-refractivity contribution in [2.45, 2.75) is 12.2 Å². The van der Waals surface area contributed by atoms with Gasteiger partial charge >= 0.3 is 5.97 Å². The quantitative estimate of drug-likeness (QED) is 0.826. The largest absolute Gasteiger partial charge is 0.497 e. The number of hydrogen-bond acceptors (Lipinski definition) is 4. The van der Waals surface area contributed by atoms with Gasteiger partial charge in [-0.15, -0.1) is 0 Å². The first-order valence-electron chi connectivity index (χ1n) is 4.98. The van der Waals surface area contributed by atoms with E-state index in [9.17, 15) is 13.2 Å². The molecule has 17 heavy (non-hydrogen) atoms. The molecular weight excluding hydrogens is 244 g/mol. The van der Waals surface area contributed by atoms with Crippen LogP contribution >= 0.6 is 0 Å². The molecule has 1 aromatic carbocycles. The van der Waals surface area contributed by atoms with Gasteiger partial charge in [-0.2, -0.15) is 0 Å². The Hall–Kier alpha value is -1.56. The molecule has 1 aromatic rings. The van der Waals surface area contributed by atoms with Gasteiger partial charge in [-0.25, -0.2) is 8.42 Å². The number of carboxylic acid groups (broad SMARTS) is 1. The van der Waals surface area contributed by atoms with Crippen molar-refractivity contribution in [3.8, 4) is 5.75 Å². The van der Waals surface area contributed by atoms with E-state index >= 15 is 0 Å². The summed E-state index contributed by atoms with van der Waals surface area (Å²) in [4.78, 5) is 10.3. The standard InChI is InChI=1S/C11H14O5S/c1-16-10-4-2-9(3-5-10)8-17(14,15)7-6-11(12)13/h2-5H,6-8H2,1H3,(H,12,13). The van der Waals surface area contributed by atoms with Crippen molar-refractivity contribution >= 4 is 15.8 Å². The Balaban J connectivity index is 2.66. The Kier molecular flexibility index (Phi) is 4.51. The molecule has 0 unspecified atom stereocenters. The van der Waals surface area contributed by atoms with E-state index in [2.05, 4.69) is 0 Å². The van der Waals surface area contributed by atoms with Gasteiger partial charge in [0.25, 0.3) is 0 Å². The summed E-state index contributed by atoms with van der Waals surface area (Å²) in [7, 11) is -1.84. The molecule has 0 amide bonds. The molecule has 94 valence electrons. The molecule has 0 atom stereocenters. The maximum Gasteiger partial charge on any atom is 0.304 e. The monoisotopic (exact) mass is 258 g/mol. The first-order chi connectivity index (χ1) is 7.93. The number of benzene rings is 1. The lowest BCUT2D eigenvalue weighted by atomic mass is 10.2. The minimum absolute atomic E-state index is 0.149. The van der Waals surface area contributed by atoms with E-state index in [0.29, 0.717) is 11.3 Å². The van der Waals surface area contributed by atoms with Crippen molar-refractivity contribution in [3.63, 3.8) is 0 Å². The number of rotatable bonds is 6. The number of carbonyl (C=O) groups is 1. The van der Waals surface area contributed by atoms with Crippen molar-refractivity contribution in [1.82, 2.24) is 0 Å². The van der Waals surface area contributed by atoms with E-state index in [0.717, 1.165) is 0 Å². The first-order valence-corrected chi connectivity index (χ1v) is 6.80. The third kappa shape index (κ3) is 4.86. The second-order valence-electron chi connectivity index (χ2n) is 3.58. The molecule has 0 saturated carbocycles. The van der Waals surface area contributed by atoms with Crippen LogP contribution in [0, 0.1) is 0 Å². The Morgan fingerprint density at radius 3 is 2.35 bits per heavy atom. The third-order valence-electron chi connectivity index (χ3n) is 2.17. The van der Waals surface area contributed by atoms with Gasteiger partial charge < -0.3 is 9.84 Å². The summed E-state index contributed by atoms with van der Waals surface area (Å²) >= 11 is 0. The Bertz CT molecular complexity index is 475. The lowest BCUT2D eigenvalue weighted by molar-refractivity contribution is -0.136. The van der Waals surface area contributed by atoms with E-state index in [1.807, 2.05) is 0 Å². The van der Waals surface area contributed by atoms with E-state index in [1.54, 1.807) is 24.3 Å². The molecule has 6 heteroatoms. The van der Waals surface area contributed by atoms with Gasteiger partial charge in [-0.3, -0.25) is 4.79 Å². The molecule has 0 aliphatic rings. The zero-order chi connectivity index (χ0) is 12.9. The van der Waals surface area contributed by atoms with Gasteiger partial charge in [0.1, 0.15) is 5.75 Å². The highest BCUT2D eigenvalue weighted by Gasteiger charge is 2.14. The zero-order valence-corrected chi connectivity index (χ0v) is 10.2. The summed E-state index contributed by atoms with van der Waals surface area (Å²) < 4.78 is 28.1. The molecule has 1 N–H and O–H groups in total. The predicted octanol–water partition coefficient (Wildman–Crippen LogP) is 1.08. The van der Waals surface area contributed by atoms with E-state index in [4.69, 9.17) is 9.84 Å². The maximum absolute atomic E-state index is 11.6. The highest BCUT2D eigenvalue weighted by molar-refractivity contribution is 7.90. The van der Waals surface area contributed by atoms with Crippen molar-refractivity contribution in [2.24, 2.45) is 0 Å². The van der Waals surface area contributed by atoms with E-state index in [-0.39, 0.29) is 17.9 Å². The van der Waals surface area contributed by atoms with Crippen LogP contribution < -0.4 is 4.74 Å². The van der Waals surface area contributed by atoms with Gasteiger partial charge in [0, 0.05) is 0 Å². The van der Waals surface area contributed by atoms with Gasteiger partial charge in [0.2, 0.25) is 0 Å². The normalized spacial score (nSPS) is 11.1. The van der Waals surface area contributed by atoms with Gasteiger partial charge in [-0.1, -0.05) is 12.1 Å². The predicted molar refractivity (Wildman–Crippen MR) is 62.7 cm³/mol. The van der Waals surface area contributed by atoms with Crippen LogP contribution in [-0.4, -0.2) is 32.4 Å². The van der Waals surface area contributed by atoms with Crippen LogP contribution in [0.1, 0.15) is 12.0 Å². The third-order valence-corrected chi connectivity index (χ3v) is 3.77. The van der Waals surface area contributed by atoms with Crippen molar-refractivity contribution in [3.05, 3.63) is 29.8 Å². The van der Waals surface area contributed by atoms with Crippen LogP contribution in [0.5, 0.6) is 5.75 Å². The maximum atomic E-state index is 11.6. The number of sulfone groups is 1. The Morgan fingerprint density at radius 1 is 1.29 bits per heavy atom. The molecule has 0 saturated heterocycles. The summed E-state index contributed by atoms with van der Waals surface area (Å²) in [6.45, 7) is 0. The fourth-order valence-electron chi connectivity index (χ4n) is 1.29. The van der Waals surface area contributed by atoms with Crippen molar-refractivity contribution < 1.29 is 23.1 Å². The fourth-order valence-corrected chi connectivity index (χ4v) is 2.62. The van der Waals surface area contributed by atoms with Gasteiger partial charge in [0.05, 0.1) is 25.0 Å². The zero-order valence-electron chi connectivity index (χ0n) is 9.42. The summed E-state index contributed by atoms with van der Waals surface area (Å²) in [6.07, 6.45) is -0.363. The molecule has 0 spiro atoms. The number of carboxylic acids is 1. The average Bonchev–Trinajstić information content (AvgIpc) is 2.27. The molecule has 0 fully saturated rings. The number of hydrogen-bond donors (Lipinski definition) is 1. The van der Waals surface area contributed by atoms with Crippen LogP contribution in [0.25, 0.3) is 0 Å². The highest BCUT2D eigenvalue weighted by Crippen LogP contribution is 2.14. The topological polar surface area (TPSA) is 80.7 Å². The molecular formula is C11H14O5S. The minimum atomic E-state index is -3.37. The number of aliphatic carboxylic acids is 1. The average molecular weight is 258 g/mol. The lowest BCUT2D eigenvalue weighted by Crippen LogP contribution is -2.12. The lowest BCUT2D eigenvalue weighted by Gasteiger charge is -2.04. The van der Waals surface area contributed by atoms with Crippen LogP contribution in [-0.2, 0) is 20.4 Å². The van der Waals surface area contributed by atoms with Gasteiger partial charge in [-0.05, 0) is 17.7 Å². The molecule has 0 aliphatic heterocycles. The molecule has 0 aliphatic carbocycles. The summed E-state index contributed by atoms with van der Waals surface area (Å²) in [5.41, 5.74) is 0.621. The number of methoxy groups -OCH3 is 1. The van der Waals surface area contributed by atoms with E-state index < -0.39 is 15.8 Å². The minimum Gasteiger partial charge on any atom is -0.497 e. The Labute approximate surface area is 100.0 Å². The molecule has 0 aromatic heterocycles. The van der Waals surface area contributed by atoms with Crippen molar-refractivity contribution in [1.29, 1.82) is 0 Å². The van der Waals surface area contributed by atoms with Crippen LogP contribution in [0.3, 0.4) is 0 Å². The highest BCUT2D eigenvalue weighted by atomic mass is 32.2. The Morgan fingerprint density at radius 2 is 1.88 bits per heavy atom. The van der Waals surface area contributed by atoms with Crippen molar-refractivity contribution in [2.75, 3.05) is 12.9 Å². The molecule has 0 bridgehead atoms. The van der Waals surface area contributed by atoms with Crippen LogP contribution in [0.2, 0.25) is 0 Å². The molecule has 1 rings (SSSR count). The smallest absolute Gasteiger partial charge is 0.304 e. The first kappa shape index (κ1) is 13.5. The van der Waals surface area contributed by atoms with Crippen LogP contribution in [0.15, 0.2) is 24.3 Å².